The minimum Gasteiger partial charge on any atom is -0.438 e. The van der Waals surface area contributed by atoms with Gasteiger partial charge in [-0.3, -0.25) is 0 Å². The Hall–Kier alpha value is -1.98. The van der Waals surface area contributed by atoms with Gasteiger partial charge in [-0.1, -0.05) is 6.07 Å². The summed E-state index contributed by atoms with van der Waals surface area (Å²) in [4.78, 5) is 0. The first-order chi connectivity index (χ1) is 9.81. The molecule has 1 fully saturated rings. The molecular formula is C15H17N3O2. The standard InChI is InChI=1S/C15H17N3O2/c1-11-7-12(14-10-16-5-6-19-14)9-13(8-11)20-15-3-2-4-17-18-15/h2-4,7-9,14,16H,5-6,10H2,1H3/t14-/m0/s1. The van der Waals surface area contributed by atoms with Crippen LogP contribution in [0, 0.1) is 6.92 Å². The van der Waals surface area contributed by atoms with Crippen molar-refractivity contribution in [3.8, 4) is 11.6 Å². The Morgan fingerprint density at radius 3 is 3.05 bits per heavy atom. The van der Waals surface area contributed by atoms with E-state index >= 15 is 0 Å². The zero-order valence-electron chi connectivity index (χ0n) is 11.4. The fraction of sp³-hybridized carbons (Fsp3) is 0.333. The molecule has 3 rings (SSSR count). The molecule has 0 amide bonds. The molecule has 1 aromatic carbocycles. The van der Waals surface area contributed by atoms with E-state index in [1.165, 1.54) is 0 Å². The number of ether oxygens (including phenoxy) is 2. The van der Waals surface area contributed by atoms with E-state index in [2.05, 4.69) is 21.6 Å². The number of hydrogen-bond acceptors (Lipinski definition) is 5. The molecule has 20 heavy (non-hydrogen) atoms. The second kappa shape index (κ2) is 5.98. The zero-order chi connectivity index (χ0) is 13.8. The van der Waals surface area contributed by atoms with Gasteiger partial charge < -0.3 is 14.8 Å². The maximum absolute atomic E-state index is 5.78. The van der Waals surface area contributed by atoms with Crippen LogP contribution in [0.5, 0.6) is 11.6 Å². The highest BCUT2D eigenvalue weighted by Gasteiger charge is 2.17. The Morgan fingerprint density at radius 2 is 2.30 bits per heavy atom. The minimum atomic E-state index is 0.0767. The first kappa shape index (κ1) is 13.0. The normalized spacial score (nSPS) is 18.8. The van der Waals surface area contributed by atoms with Gasteiger partial charge in [0.2, 0.25) is 5.88 Å². The number of morpholine rings is 1. The fourth-order valence-electron chi connectivity index (χ4n) is 2.26. The van der Waals surface area contributed by atoms with Crippen molar-refractivity contribution >= 4 is 0 Å². The monoisotopic (exact) mass is 271 g/mol. The Balaban J connectivity index is 1.82. The van der Waals surface area contributed by atoms with Crippen molar-refractivity contribution in [2.24, 2.45) is 0 Å². The van der Waals surface area contributed by atoms with Gasteiger partial charge in [-0.15, -0.1) is 5.10 Å². The summed E-state index contributed by atoms with van der Waals surface area (Å²) in [6, 6.07) is 9.69. The molecule has 0 aliphatic carbocycles. The minimum absolute atomic E-state index is 0.0767. The molecule has 0 unspecified atom stereocenters. The molecule has 5 nitrogen and oxygen atoms in total. The molecule has 1 aliphatic rings. The number of aromatic nitrogens is 2. The van der Waals surface area contributed by atoms with Gasteiger partial charge in [0.05, 0.1) is 12.7 Å². The van der Waals surface area contributed by atoms with E-state index in [9.17, 15) is 0 Å². The lowest BCUT2D eigenvalue weighted by Crippen LogP contribution is -2.33. The third-order valence-electron chi connectivity index (χ3n) is 3.14. The molecule has 0 bridgehead atoms. The molecule has 1 aromatic heterocycles. The third-order valence-corrected chi connectivity index (χ3v) is 3.14. The highest BCUT2D eigenvalue weighted by Crippen LogP contribution is 2.27. The number of rotatable bonds is 3. The van der Waals surface area contributed by atoms with Gasteiger partial charge in [0.25, 0.3) is 0 Å². The smallest absolute Gasteiger partial charge is 0.238 e. The number of benzene rings is 1. The van der Waals surface area contributed by atoms with E-state index in [1.807, 2.05) is 19.1 Å². The molecule has 2 heterocycles. The highest BCUT2D eigenvalue weighted by atomic mass is 16.5. The number of aryl methyl sites for hydroxylation is 1. The van der Waals surface area contributed by atoms with Gasteiger partial charge in [0.15, 0.2) is 0 Å². The Labute approximate surface area is 117 Å². The molecule has 0 radical (unpaired) electrons. The van der Waals surface area contributed by atoms with E-state index in [1.54, 1.807) is 18.3 Å². The van der Waals surface area contributed by atoms with Crippen LogP contribution in [0.25, 0.3) is 0 Å². The van der Waals surface area contributed by atoms with Gasteiger partial charge in [-0.2, -0.15) is 5.10 Å². The number of nitrogens with one attached hydrogen (secondary N) is 1. The fourth-order valence-corrected chi connectivity index (χ4v) is 2.26. The van der Waals surface area contributed by atoms with E-state index < -0.39 is 0 Å². The largest absolute Gasteiger partial charge is 0.438 e. The van der Waals surface area contributed by atoms with Crippen molar-refractivity contribution < 1.29 is 9.47 Å². The van der Waals surface area contributed by atoms with Crippen LogP contribution >= 0.6 is 0 Å². The molecule has 104 valence electrons. The van der Waals surface area contributed by atoms with Crippen LogP contribution in [0.3, 0.4) is 0 Å². The molecule has 5 heteroatoms. The topological polar surface area (TPSA) is 56.3 Å². The van der Waals surface area contributed by atoms with Crippen LogP contribution in [0.15, 0.2) is 36.5 Å². The van der Waals surface area contributed by atoms with Gasteiger partial charge in [-0.25, -0.2) is 0 Å². The van der Waals surface area contributed by atoms with Crippen molar-refractivity contribution in [3.63, 3.8) is 0 Å². The van der Waals surface area contributed by atoms with Gasteiger partial charge >= 0.3 is 0 Å². The van der Waals surface area contributed by atoms with Crippen LogP contribution < -0.4 is 10.1 Å². The summed E-state index contributed by atoms with van der Waals surface area (Å²) in [7, 11) is 0. The molecule has 0 spiro atoms. The third kappa shape index (κ3) is 3.12. The maximum atomic E-state index is 5.78. The SMILES string of the molecule is Cc1cc(Oc2cccnn2)cc([C@@H]2CNCCO2)c1. The van der Waals surface area contributed by atoms with Gasteiger partial charge in [0.1, 0.15) is 5.75 Å². The molecule has 1 atom stereocenters. The van der Waals surface area contributed by atoms with Crippen LogP contribution in [-0.2, 0) is 4.74 Å². The average Bonchev–Trinajstić information content (AvgIpc) is 2.49. The Kier molecular flexibility index (Phi) is 3.90. The number of nitrogens with zero attached hydrogens (tertiary/aromatic N) is 2. The lowest BCUT2D eigenvalue weighted by molar-refractivity contribution is 0.0275. The number of hydrogen-bond donors (Lipinski definition) is 1. The second-order valence-corrected chi connectivity index (χ2v) is 4.81. The first-order valence-corrected chi connectivity index (χ1v) is 6.71. The van der Waals surface area contributed by atoms with E-state index in [4.69, 9.17) is 9.47 Å². The van der Waals surface area contributed by atoms with E-state index in [0.717, 1.165) is 36.6 Å². The van der Waals surface area contributed by atoms with Crippen LogP contribution in [0.4, 0.5) is 0 Å². The van der Waals surface area contributed by atoms with Crippen molar-refractivity contribution in [2.45, 2.75) is 13.0 Å². The molecule has 1 aliphatic heterocycles. The summed E-state index contributed by atoms with van der Waals surface area (Å²) in [6.45, 7) is 4.52. The summed E-state index contributed by atoms with van der Waals surface area (Å²) in [5.74, 6) is 1.25. The quantitative estimate of drug-likeness (QED) is 0.927. The molecule has 2 aromatic rings. The predicted octanol–water partition coefficient (Wildman–Crippen LogP) is 2.24. The predicted molar refractivity (Wildman–Crippen MR) is 74.8 cm³/mol. The summed E-state index contributed by atoms with van der Waals surface area (Å²) < 4.78 is 11.5. The highest BCUT2D eigenvalue weighted by molar-refractivity contribution is 5.37. The van der Waals surface area contributed by atoms with Crippen molar-refractivity contribution in [1.29, 1.82) is 0 Å². The van der Waals surface area contributed by atoms with Crippen LogP contribution in [0.1, 0.15) is 17.2 Å². The summed E-state index contributed by atoms with van der Waals surface area (Å²) in [5.41, 5.74) is 2.26. The van der Waals surface area contributed by atoms with Crippen LogP contribution in [-0.4, -0.2) is 29.9 Å². The summed E-state index contributed by atoms with van der Waals surface area (Å²) in [5, 5.41) is 11.1. The lowest BCUT2D eigenvalue weighted by Gasteiger charge is -2.24. The van der Waals surface area contributed by atoms with E-state index in [0.29, 0.717) is 5.88 Å². The lowest BCUT2D eigenvalue weighted by atomic mass is 10.1. The Morgan fingerprint density at radius 1 is 1.35 bits per heavy atom. The molecule has 1 saturated heterocycles. The second-order valence-electron chi connectivity index (χ2n) is 4.81. The zero-order valence-corrected chi connectivity index (χ0v) is 11.4. The summed E-state index contributed by atoms with van der Waals surface area (Å²) >= 11 is 0. The average molecular weight is 271 g/mol. The van der Waals surface area contributed by atoms with Crippen molar-refractivity contribution in [1.82, 2.24) is 15.5 Å². The first-order valence-electron chi connectivity index (χ1n) is 6.71. The molecule has 0 saturated carbocycles. The van der Waals surface area contributed by atoms with E-state index in [-0.39, 0.29) is 6.10 Å². The van der Waals surface area contributed by atoms with Gasteiger partial charge in [0, 0.05) is 25.4 Å². The molecular weight excluding hydrogens is 254 g/mol. The maximum Gasteiger partial charge on any atom is 0.238 e. The molecule has 1 N–H and O–H groups in total. The van der Waals surface area contributed by atoms with Crippen LogP contribution in [0.2, 0.25) is 0 Å². The van der Waals surface area contributed by atoms with Crippen molar-refractivity contribution in [2.75, 3.05) is 19.7 Å². The summed E-state index contributed by atoms with van der Waals surface area (Å²) in [6.07, 6.45) is 1.70. The Bertz CT molecular complexity index is 569. The van der Waals surface area contributed by atoms with Crippen molar-refractivity contribution in [3.05, 3.63) is 47.7 Å². The van der Waals surface area contributed by atoms with Gasteiger partial charge in [-0.05, 0) is 36.2 Å².